The highest BCUT2D eigenvalue weighted by Crippen LogP contribution is 2.38. The molecule has 0 saturated heterocycles. The number of fused-ring (bicyclic) bond motifs is 3. The van der Waals surface area contributed by atoms with Crippen molar-refractivity contribution < 1.29 is 0 Å². The summed E-state index contributed by atoms with van der Waals surface area (Å²) in [5.41, 5.74) is 2.86. The maximum absolute atomic E-state index is 6.21. The van der Waals surface area contributed by atoms with Crippen molar-refractivity contribution >= 4 is 74.0 Å². The molecule has 0 unspecified atom stereocenters. The van der Waals surface area contributed by atoms with Crippen molar-refractivity contribution in [2.45, 2.75) is 20.4 Å². The molecular formula is C16H15Cl3N6S. The molecule has 10 heteroatoms. The third kappa shape index (κ3) is 3.66. The molecule has 1 N–H and O–H groups in total. The number of aromatic nitrogens is 5. The normalized spacial score (nSPS) is 10.4. The fraction of sp³-hybridized carbons (Fsp3) is 0.188. The molecule has 4 rings (SSSR count). The second-order valence-corrected chi connectivity index (χ2v) is 6.81. The summed E-state index contributed by atoms with van der Waals surface area (Å²) in [4.78, 5) is 22.5. The van der Waals surface area contributed by atoms with Gasteiger partial charge in [-0.25, -0.2) is 24.9 Å². The molecule has 0 bridgehead atoms. The first-order chi connectivity index (χ1) is 11.6. The minimum absolute atomic E-state index is 0. The number of rotatable bonds is 3. The molecule has 0 saturated carbocycles. The predicted octanol–water partition coefficient (Wildman–Crippen LogP) is 4.76. The molecule has 4 aromatic heterocycles. The Morgan fingerprint density at radius 1 is 1.00 bits per heavy atom. The predicted molar refractivity (Wildman–Crippen MR) is 111 cm³/mol. The lowest BCUT2D eigenvalue weighted by atomic mass is 10.2. The van der Waals surface area contributed by atoms with Crippen LogP contribution in [-0.4, -0.2) is 24.9 Å². The molecule has 0 aliphatic rings. The Hall–Kier alpha value is -1.80. The van der Waals surface area contributed by atoms with Gasteiger partial charge in [-0.1, -0.05) is 11.6 Å². The third-order valence-electron chi connectivity index (χ3n) is 3.78. The van der Waals surface area contributed by atoms with Crippen molar-refractivity contribution in [2.24, 2.45) is 0 Å². The average Bonchev–Trinajstić information content (AvgIpc) is 2.97. The number of aryl methyl sites for hydroxylation is 2. The number of halogens is 3. The lowest BCUT2D eigenvalue weighted by Gasteiger charge is -2.06. The Labute approximate surface area is 171 Å². The number of nitrogens with one attached hydrogen (secondary N) is 1. The molecule has 4 heterocycles. The van der Waals surface area contributed by atoms with Crippen LogP contribution in [0.4, 0.5) is 5.82 Å². The number of pyridine rings is 1. The highest BCUT2D eigenvalue weighted by atomic mass is 35.5. The van der Waals surface area contributed by atoms with E-state index in [4.69, 9.17) is 11.6 Å². The summed E-state index contributed by atoms with van der Waals surface area (Å²) >= 11 is 7.77. The average molecular weight is 430 g/mol. The van der Waals surface area contributed by atoms with Gasteiger partial charge in [0, 0.05) is 36.1 Å². The molecule has 0 spiro atoms. The summed E-state index contributed by atoms with van der Waals surface area (Å²) in [5, 5.41) is 4.97. The zero-order valence-electron chi connectivity index (χ0n) is 13.9. The van der Waals surface area contributed by atoms with Crippen LogP contribution in [0.2, 0.25) is 5.02 Å². The first-order valence-corrected chi connectivity index (χ1v) is 8.52. The molecule has 26 heavy (non-hydrogen) atoms. The van der Waals surface area contributed by atoms with E-state index in [0.717, 1.165) is 43.2 Å². The topological polar surface area (TPSA) is 76.5 Å². The van der Waals surface area contributed by atoms with Gasteiger partial charge in [0.1, 0.15) is 22.8 Å². The molecule has 0 amide bonds. The van der Waals surface area contributed by atoms with E-state index in [9.17, 15) is 0 Å². The molecule has 6 nitrogen and oxygen atoms in total. The standard InChI is InChI=1S/C16H13ClN6S.2ClH/c1-8-11(17)6-21-16-12(8)13-14(24-16)15(23-7-22-13)20-5-10-3-18-9(2)19-4-10;;/h3-4,6-7H,5H2,1-2H3,(H,20,22,23);2*1H. The highest BCUT2D eigenvalue weighted by molar-refractivity contribution is 7.26. The number of hydrogen-bond donors (Lipinski definition) is 1. The van der Waals surface area contributed by atoms with Crippen molar-refractivity contribution in [3.8, 4) is 0 Å². The zero-order chi connectivity index (χ0) is 16.7. The lowest BCUT2D eigenvalue weighted by molar-refractivity contribution is 0.989. The molecular weight excluding hydrogens is 415 g/mol. The summed E-state index contributed by atoms with van der Waals surface area (Å²) in [6.07, 6.45) is 6.86. The van der Waals surface area contributed by atoms with Crippen molar-refractivity contribution in [1.82, 2.24) is 24.9 Å². The first kappa shape index (κ1) is 20.5. The fourth-order valence-corrected chi connectivity index (χ4v) is 3.75. The van der Waals surface area contributed by atoms with Crippen LogP contribution in [0.15, 0.2) is 24.9 Å². The van der Waals surface area contributed by atoms with Crippen LogP contribution in [0.25, 0.3) is 20.4 Å². The van der Waals surface area contributed by atoms with E-state index in [2.05, 4.69) is 30.2 Å². The largest absolute Gasteiger partial charge is 0.365 e. The minimum Gasteiger partial charge on any atom is -0.365 e. The monoisotopic (exact) mass is 428 g/mol. The number of thiophene rings is 1. The quantitative estimate of drug-likeness (QED) is 0.506. The Morgan fingerprint density at radius 3 is 2.46 bits per heavy atom. The molecule has 0 aliphatic heterocycles. The fourth-order valence-electron chi connectivity index (χ4n) is 2.48. The van der Waals surface area contributed by atoms with Gasteiger partial charge in [-0.15, -0.1) is 36.2 Å². The van der Waals surface area contributed by atoms with Gasteiger partial charge in [0.2, 0.25) is 0 Å². The highest BCUT2D eigenvalue weighted by Gasteiger charge is 2.15. The first-order valence-electron chi connectivity index (χ1n) is 7.33. The Kier molecular flexibility index (Phi) is 6.52. The summed E-state index contributed by atoms with van der Waals surface area (Å²) in [6, 6.07) is 0. The van der Waals surface area contributed by atoms with Gasteiger partial charge < -0.3 is 5.32 Å². The van der Waals surface area contributed by atoms with E-state index >= 15 is 0 Å². The number of nitrogens with zero attached hydrogens (tertiary/aromatic N) is 5. The maximum Gasteiger partial charge on any atom is 0.147 e. The van der Waals surface area contributed by atoms with Crippen LogP contribution in [-0.2, 0) is 6.54 Å². The number of anilines is 1. The molecule has 0 aliphatic carbocycles. The van der Waals surface area contributed by atoms with Crippen molar-refractivity contribution in [1.29, 1.82) is 0 Å². The van der Waals surface area contributed by atoms with Gasteiger partial charge in [0.05, 0.1) is 15.2 Å². The Morgan fingerprint density at radius 2 is 1.73 bits per heavy atom. The lowest BCUT2D eigenvalue weighted by Crippen LogP contribution is -2.03. The second-order valence-electron chi connectivity index (χ2n) is 5.41. The second kappa shape index (κ2) is 8.26. The van der Waals surface area contributed by atoms with Crippen molar-refractivity contribution in [2.75, 3.05) is 5.32 Å². The summed E-state index contributed by atoms with van der Waals surface area (Å²) in [5.74, 6) is 1.53. The van der Waals surface area contributed by atoms with Crippen LogP contribution < -0.4 is 5.32 Å². The summed E-state index contributed by atoms with van der Waals surface area (Å²) in [6.45, 7) is 4.44. The van der Waals surface area contributed by atoms with Gasteiger partial charge in [0.25, 0.3) is 0 Å². The van der Waals surface area contributed by atoms with E-state index in [-0.39, 0.29) is 24.8 Å². The molecule has 136 valence electrons. The van der Waals surface area contributed by atoms with E-state index in [1.165, 1.54) is 0 Å². The van der Waals surface area contributed by atoms with E-state index in [1.54, 1.807) is 23.9 Å². The molecule has 0 fully saturated rings. The van der Waals surface area contributed by atoms with Crippen LogP contribution in [0.5, 0.6) is 0 Å². The molecule has 0 aromatic carbocycles. The van der Waals surface area contributed by atoms with Crippen LogP contribution >= 0.6 is 47.8 Å². The molecule has 0 atom stereocenters. The van der Waals surface area contributed by atoms with Crippen LogP contribution in [0.1, 0.15) is 17.0 Å². The third-order valence-corrected chi connectivity index (χ3v) is 5.25. The van der Waals surface area contributed by atoms with Crippen LogP contribution in [0, 0.1) is 13.8 Å². The minimum atomic E-state index is 0. The zero-order valence-corrected chi connectivity index (χ0v) is 17.1. The van der Waals surface area contributed by atoms with Gasteiger partial charge in [-0.2, -0.15) is 0 Å². The Balaban J connectivity index is 0.00000121. The van der Waals surface area contributed by atoms with Crippen LogP contribution in [0.3, 0.4) is 0 Å². The van der Waals surface area contributed by atoms with Crippen molar-refractivity contribution in [3.63, 3.8) is 0 Å². The molecule has 0 radical (unpaired) electrons. The molecule has 4 aromatic rings. The maximum atomic E-state index is 6.21. The van der Waals surface area contributed by atoms with Gasteiger partial charge >= 0.3 is 0 Å². The van der Waals surface area contributed by atoms with E-state index in [0.29, 0.717) is 11.6 Å². The summed E-state index contributed by atoms with van der Waals surface area (Å²) in [7, 11) is 0. The smallest absolute Gasteiger partial charge is 0.147 e. The van der Waals surface area contributed by atoms with Gasteiger partial charge in [-0.3, -0.25) is 0 Å². The van der Waals surface area contributed by atoms with Crippen molar-refractivity contribution in [3.05, 3.63) is 46.9 Å². The van der Waals surface area contributed by atoms with Gasteiger partial charge in [-0.05, 0) is 19.4 Å². The number of hydrogen-bond acceptors (Lipinski definition) is 7. The van der Waals surface area contributed by atoms with E-state index < -0.39 is 0 Å². The summed E-state index contributed by atoms with van der Waals surface area (Å²) < 4.78 is 0.971. The van der Waals surface area contributed by atoms with Gasteiger partial charge in [0.15, 0.2) is 0 Å². The van der Waals surface area contributed by atoms with E-state index in [1.807, 2.05) is 26.2 Å². The Bertz CT molecular complexity index is 1050. The SMILES string of the molecule is Cc1ncc(CNc2ncnc3c2sc2ncc(Cl)c(C)c23)cn1.Cl.Cl.